The van der Waals surface area contributed by atoms with Gasteiger partial charge in [-0.05, 0) is 59.2 Å². The van der Waals surface area contributed by atoms with Crippen LogP contribution in [0.15, 0.2) is 35.5 Å². The molecule has 26 heavy (non-hydrogen) atoms. The normalized spacial score (nSPS) is 13.0. The minimum Gasteiger partial charge on any atom is -0.486 e. The van der Waals surface area contributed by atoms with E-state index in [1.54, 1.807) is 16.4 Å². The Morgan fingerprint density at radius 2 is 2.00 bits per heavy atom. The highest BCUT2D eigenvalue weighted by atomic mass is 35.5. The highest BCUT2D eigenvalue weighted by Gasteiger charge is 2.18. The summed E-state index contributed by atoms with van der Waals surface area (Å²) >= 11 is 7.86. The molecule has 0 bridgehead atoms. The fourth-order valence-corrected chi connectivity index (χ4v) is 3.86. The highest BCUT2D eigenvalue weighted by molar-refractivity contribution is 7.98. The van der Waals surface area contributed by atoms with Crippen LogP contribution in [-0.2, 0) is 5.75 Å². The molecular weight excluding hydrogens is 372 g/mol. The van der Waals surface area contributed by atoms with E-state index in [0.717, 1.165) is 27.5 Å². The molecule has 1 aliphatic rings. The van der Waals surface area contributed by atoms with Gasteiger partial charge in [-0.2, -0.15) is 4.68 Å². The van der Waals surface area contributed by atoms with Gasteiger partial charge in [-0.1, -0.05) is 35.5 Å². The number of rotatable bonds is 4. The Morgan fingerprint density at radius 3 is 2.88 bits per heavy atom. The van der Waals surface area contributed by atoms with Gasteiger partial charge in [0.1, 0.15) is 13.2 Å². The predicted octanol–water partition coefficient (Wildman–Crippen LogP) is 4.00. The minimum absolute atomic E-state index is 0.519. The molecule has 4 rings (SSSR count). The minimum atomic E-state index is 0.519. The maximum atomic E-state index is 6.31. The van der Waals surface area contributed by atoms with Crippen molar-refractivity contribution in [1.82, 2.24) is 20.2 Å². The summed E-state index contributed by atoms with van der Waals surface area (Å²) in [7, 11) is 0. The Hall–Kier alpha value is -2.25. The molecule has 0 aliphatic carbocycles. The second-order valence-corrected chi connectivity index (χ2v) is 7.40. The van der Waals surface area contributed by atoms with Gasteiger partial charge in [-0.3, -0.25) is 0 Å². The number of fused-ring (bicyclic) bond motifs is 1. The van der Waals surface area contributed by atoms with Crippen molar-refractivity contribution in [2.75, 3.05) is 13.2 Å². The summed E-state index contributed by atoms with van der Waals surface area (Å²) in [6.45, 7) is 5.15. The molecule has 3 aromatic rings. The largest absolute Gasteiger partial charge is 0.486 e. The number of hydrogen-bond donors (Lipinski definition) is 0. The van der Waals surface area contributed by atoms with Gasteiger partial charge in [-0.15, -0.1) is 5.10 Å². The van der Waals surface area contributed by atoms with Crippen LogP contribution in [0.4, 0.5) is 0 Å². The van der Waals surface area contributed by atoms with Gasteiger partial charge in [0.2, 0.25) is 5.16 Å². The zero-order chi connectivity index (χ0) is 18.1. The summed E-state index contributed by atoms with van der Waals surface area (Å²) in [6, 6.07) is 10.1. The fraction of sp³-hybridized carbons (Fsp3) is 0.278. The van der Waals surface area contributed by atoms with Crippen LogP contribution in [0.25, 0.3) is 5.69 Å². The molecule has 0 saturated heterocycles. The summed E-state index contributed by atoms with van der Waals surface area (Å²) in [6.07, 6.45) is 0. The van der Waals surface area contributed by atoms with Gasteiger partial charge >= 0.3 is 0 Å². The number of benzene rings is 2. The number of aryl methyl sites for hydroxylation is 2. The standard InChI is InChI=1S/C18H17ClN4O2S/c1-11-3-4-12(2)15(7-11)23-18(20-21-22-23)26-10-13-8-14(19)17-16(9-13)24-5-6-25-17/h3-4,7-9H,5-6,10H2,1-2H3. The molecule has 134 valence electrons. The number of halogens is 1. The second kappa shape index (κ2) is 7.17. The Morgan fingerprint density at radius 1 is 1.15 bits per heavy atom. The maximum absolute atomic E-state index is 6.31. The van der Waals surface area contributed by atoms with Gasteiger partial charge in [0.05, 0.1) is 10.7 Å². The van der Waals surface area contributed by atoms with E-state index in [0.29, 0.717) is 35.5 Å². The summed E-state index contributed by atoms with van der Waals surface area (Å²) in [5.74, 6) is 1.97. The molecule has 2 aromatic carbocycles. The van der Waals surface area contributed by atoms with Crippen LogP contribution < -0.4 is 9.47 Å². The zero-order valence-electron chi connectivity index (χ0n) is 14.4. The molecular formula is C18H17ClN4O2S. The lowest BCUT2D eigenvalue weighted by Crippen LogP contribution is -2.15. The first kappa shape index (κ1) is 17.2. The third-order valence-corrected chi connectivity index (χ3v) is 5.33. The Balaban J connectivity index is 1.57. The lowest BCUT2D eigenvalue weighted by molar-refractivity contribution is 0.171. The maximum Gasteiger partial charge on any atom is 0.214 e. The zero-order valence-corrected chi connectivity index (χ0v) is 16.0. The van der Waals surface area contributed by atoms with E-state index in [4.69, 9.17) is 21.1 Å². The molecule has 2 heterocycles. The van der Waals surface area contributed by atoms with Gasteiger partial charge in [0, 0.05) is 5.75 Å². The SMILES string of the molecule is Cc1ccc(C)c(-n2nnnc2SCc2cc(Cl)c3c(c2)OCCO3)c1. The van der Waals surface area contributed by atoms with Crippen LogP contribution in [0.5, 0.6) is 11.5 Å². The molecule has 0 fully saturated rings. The average molecular weight is 389 g/mol. The molecule has 0 saturated carbocycles. The van der Waals surface area contributed by atoms with Crippen molar-refractivity contribution in [2.24, 2.45) is 0 Å². The van der Waals surface area contributed by atoms with E-state index < -0.39 is 0 Å². The Kier molecular flexibility index (Phi) is 4.74. The Bertz CT molecular complexity index is 960. The van der Waals surface area contributed by atoms with E-state index >= 15 is 0 Å². The van der Waals surface area contributed by atoms with Crippen molar-refractivity contribution in [1.29, 1.82) is 0 Å². The molecule has 8 heteroatoms. The topological polar surface area (TPSA) is 62.1 Å². The van der Waals surface area contributed by atoms with E-state index in [2.05, 4.69) is 40.6 Å². The van der Waals surface area contributed by atoms with Crippen LogP contribution in [0.3, 0.4) is 0 Å². The van der Waals surface area contributed by atoms with Crippen LogP contribution in [-0.4, -0.2) is 33.4 Å². The lowest BCUT2D eigenvalue weighted by atomic mass is 10.1. The molecule has 6 nitrogen and oxygen atoms in total. The summed E-state index contributed by atoms with van der Waals surface area (Å²) < 4.78 is 13.0. The first-order valence-electron chi connectivity index (χ1n) is 8.18. The van der Waals surface area contributed by atoms with Crippen LogP contribution in [0, 0.1) is 13.8 Å². The smallest absolute Gasteiger partial charge is 0.214 e. The molecule has 0 N–H and O–H groups in total. The molecule has 0 spiro atoms. The highest BCUT2D eigenvalue weighted by Crippen LogP contribution is 2.39. The molecule has 0 unspecified atom stereocenters. The van der Waals surface area contributed by atoms with Crippen molar-refractivity contribution in [3.63, 3.8) is 0 Å². The average Bonchev–Trinajstić information content (AvgIpc) is 3.10. The van der Waals surface area contributed by atoms with E-state index in [-0.39, 0.29) is 0 Å². The number of hydrogen-bond acceptors (Lipinski definition) is 6. The van der Waals surface area contributed by atoms with Gasteiger partial charge < -0.3 is 9.47 Å². The molecule has 1 aromatic heterocycles. The van der Waals surface area contributed by atoms with E-state index in [9.17, 15) is 0 Å². The third kappa shape index (κ3) is 3.37. The molecule has 0 atom stereocenters. The molecule has 0 radical (unpaired) electrons. The number of tetrazole rings is 1. The molecule has 1 aliphatic heterocycles. The monoisotopic (exact) mass is 388 g/mol. The quantitative estimate of drug-likeness (QED) is 0.629. The number of nitrogens with zero attached hydrogens (tertiary/aromatic N) is 4. The summed E-state index contributed by atoms with van der Waals surface area (Å²) in [5.41, 5.74) is 4.29. The molecule has 0 amide bonds. The predicted molar refractivity (Wildman–Crippen MR) is 101 cm³/mol. The second-order valence-electron chi connectivity index (χ2n) is 6.05. The summed E-state index contributed by atoms with van der Waals surface area (Å²) in [5, 5.41) is 13.4. The van der Waals surface area contributed by atoms with Gasteiger partial charge in [0.15, 0.2) is 11.5 Å². The van der Waals surface area contributed by atoms with Crippen molar-refractivity contribution >= 4 is 23.4 Å². The van der Waals surface area contributed by atoms with Crippen molar-refractivity contribution in [3.05, 3.63) is 52.0 Å². The van der Waals surface area contributed by atoms with Crippen molar-refractivity contribution in [3.8, 4) is 17.2 Å². The first-order valence-corrected chi connectivity index (χ1v) is 9.55. The van der Waals surface area contributed by atoms with E-state index in [1.807, 2.05) is 19.1 Å². The van der Waals surface area contributed by atoms with Gasteiger partial charge in [-0.25, -0.2) is 0 Å². The van der Waals surface area contributed by atoms with Gasteiger partial charge in [0.25, 0.3) is 0 Å². The van der Waals surface area contributed by atoms with Crippen molar-refractivity contribution < 1.29 is 9.47 Å². The summed E-state index contributed by atoms with van der Waals surface area (Å²) in [4.78, 5) is 0. The number of ether oxygens (including phenoxy) is 2. The van der Waals surface area contributed by atoms with Crippen LogP contribution in [0.1, 0.15) is 16.7 Å². The number of aromatic nitrogens is 4. The van der Waals surface area contributed by atoms with Crippen molar-refractivity contribution in [2.45, 2.75) is 24.8 Å². The Labute approximate surface area is 160 Å². The first-order chi connectivity index (χ1) is 12.6. The van der Waals surface area contributed by atoms with E-state index in [1.165, 1.54) is 0 Å². The fourth-order valence-electron chi connectivity index (χ4n) is 2.76. The third-order valence-electron chi connectivity index (χ3n) is 4.06. The lowest BCUT2D eigenvalue weighted by Gasteiger charge is -2.20. The number of thioether (sulfide) groups is 1. The van der Waals surface area contributed by atoms with Crippen LogP contribution >= 0.6 is 23.4 Å². The van der Waals surface area contributed by atoms with Crippen LogP contribution in [0.2, 0.25) is 5.02 Å².